The molecular weight excluding hydrogens is 170 g/mol. The third-order valence-corrected chi connectivity index (χ3v) is 4.26. The molecule has 1 aliphatic carbocycles. The minimum Gasteiger partial charge on any atom is -0.306 e. The summed E-state index contributed by atoms with van der Waals surface area (Å²) < 4.78 is 0. The van der Waals surface area contributed by atoms with Gasteiger partial charge in [0, 0.05) is 6.04 Å². The Bertz CT molecular complexity index is 155. The maximum absolute atomic E-state index is 2.38. The van der Waals surface area contributed by atoms with Gasteiger partial charge < -0.3 is 4.90 Å². The van der Waals surface area contributed by atoms with E-state index >= 15 is 0 Å². The Labute approximate surface area is 89.9 Å². The van der Waals surface area contributed by atoms with Gasteiger partial charge in [-0.05, 0) is 64.5 Å². The second-order valence-electron chi connectivity index (χ2n) is 5.62. The fourth-order valence-electron chi connectivity index (χ4n) is 2.72. The minimum atomic E-state index is 0.767. The van der Waals surface area contributed by atoms with E-state index < -0.39 is 0 Å². The van der Waals surface area contributed by atoms with Gasteiger partial charge in [-0.25, -0.2) is 0 Å². The lowest BCUT2D eigenvalue weighted by molar-refractivity contribution is 0.144. The van der Waals surface area contributed by atoms with E-state index in [0.29, 0.717) is 0 Å². The second kappa shape index (κ2) is 5.16. The van der Waals surface area contributed by atoms with Gasteiger partial charge in [-0.3, -0.25) is 0 Å². The van der Waals surface area contributed by atoms with Crippen molar-refractivity contribution in [1.82, 2.24) is 4.90 Å². The van der Waals surface area contributed by atoms with Crippen LogP contribution in [0.1, 0.15) is 46.5 Å². The molecule has 0 radical (unpaired) electrons. The maximum Gasteiger partial charge on any atom is 0.00891 e. The number of hydrogen-bond acceptors (Lipinski definition) is 1. The minimum absolute atomic E-state index is 0.767. The van der Waals surface area contributed by atoms with E-state index in [0.717, 1.165) is 23.8 Å². The summed E-state index contributed by atoms with van der Waals surface area (Å²) in [5.41, 5.74) is 0. The second-order valence-corrected chi connectivity index (χ2v) is 5.62. The topological polar surface area (TPSA) is 3.24 Å². The summed E-state index contributed by atoms with van der Waals surface area (Å²) in [4.78, 5) is 2.38. The smallest absolute Gasteiger partial charge is 0.00891 e. The summed E-state index contributed by atoms with van der Waals surface area (Å²) in [6, 6.07) is 0.767. The van der Waals surface area contributed by atoms with E-state index in [4.69, 9.17) is 0 Å². The van der Waals surface area contributed by atoms with Crippen LogP contribution < -0.4 is 0 Å². The normalized spacial score (nSPS) is 31.1. The molecule has 14 heavy (non-hydrogen) atoms. The molecule has 1 saturated carbocycles. The van der Waals surface area contributed by atoms with Crippen molar-refractivity contribution < 1.29 is 0 Å². The molecule has 1 heteroatoms. The van der Waals surface area contributed by atoms with Gasteiger partial charge in [-0.1, -0.05) is 13.8 Å². The molecule has 0 aromatic rings. The molecule has 0 heterocycles. The Hall–Kier alpha value is -0.0400. The molecule has 0 aliphatic heterocycles. The first-order valence-corrected chi connectivity index (χ1v) is 6.18. The first-order valence-electron chi connectivity index (χ1n) is 6.18. The summed E-state index contributed by atoms with van der Waals surface area (Å²) in [5.74, 6) is 2.84. The van der Waals surface area contributed by atoms with Gasteiger partial charge in [-0.15, -0.1) is 0 Å². The molecule has 0 spiro atoms. The molecule has 1 fully saturated rings. The standard InChI is InChI=1S/C13H27N/c1-10(2)12-6-8-13(9-7-12)11(3)14(4)5/h10-13H,6-9H2,1-5H3/t11-,12?,13?/m0/s1. The van der Waals surface area contributed by atoms with Crippen molar-refractivity contribution in [1.29, 1.82) is 0 Å². The van der Waals surface area contributed by atoms with Crippen molar-refractivity contribution >= 4 is 0 Å². The third-order valence-electron chi connectivity index (χ3n) is 4.26. The maximum atomic E-state index is 2.38. The predicted octanol–water partition coefficient (Wildman–Crippen LogP) is 3.40. The van der Waals surface area contributed by atoms with Gasteiger partial charge in [0.1, 0.15) is 0 Å². The molecule has 0 N–H and O–H groups in total. The van der Waals surface area contributed by atoms with E-state index in [1.807, 2.05) is 0 Å². The van der Waals surface area contributed by atoms with E-state index in [1.165, 1.54) is 25.7 Å². The first kappa shape index (κ1) is 12.0. The highest BCUT2D eigenvalue weighted by molar-refractivity contribution is 4.80. The van der Waals surface area contributed by atoms with Crippen LogP contribution in [0.2, 0.25) is 0 Å². The summed E-state index contributed by atoms with van der Waals surface area (Å²) >= 11 is 0. The zero-order valence-electron chi connectivity index (χ0n) is 10.6. The van der Waals surface area contributed by atoms with Gasteiger partial charge in [-0.2, -0.15) is 0 Å². The van der Waals surface area contributed by atoms with Crippen LogP contribution in [0.15, 0.2) is 0 Å². The highest BCUT2D eigenvalue weighted by Crippen LogP contribution is 2.35. The van der Waals surface area contributed by atoms with Crippen LogP contribution in [-0.4, -0.2) is 25.0 Å². The lowest BCUT2D eigenvalue weighted by Crippen LogP contribution is -2.35. The Morgan fingerprint density at radius 3 is 1.64 bits per heavy atom. The highest BCUT2D eigenvalue weighted by atomic mass is 15.1. The Balaban J connectivity index is 2.35. The van der Waals surface area contributed by atoms with Gasteiger partial charge in [0.15, 0.2) is 0 Å². The SMILES string of the molecule is CC(C)C1CCC([C@H](C)N(C)C)CC1. The summed E-state index contributed by atoms with van der Waals surface area (Å²) in [6.07, 6.45) is 5.81. The molecule has 84 valence electrons. The van der Waals surface area contributed by atoms with Crippen LogP contribution in [-0.2, 0) is 0 Å². The van der Waals surface area contributed by atoms with Crippen molar-refractivity contribution in [3.8, 4) is 0 Å². The Morgan fingerprint density at radius 2 is 1.29 bits per heavy atom. The van der Waals surface area contributed by atoms with Crippen LogP contribution in [0.5, 0.6) is 0 Å². The largest absolute Gasteiger partial charge is 0.306 e. The van der Waals surface area contributed by atoms with Crippen molar-refractivity contribution in [3.63, 3.8) is 0 Å². The van der Waals surface area contributed by atoms with Crippen molar-refractivity contribution in [2.24, 2.45) is 17.8 Å². The highest BCUT2D eigenvalue weighted by Gasteiger charge is 2.27. The molecule has 0 unspecified atom stereocenters. The number of hydrogen-bond donors (Lipinski definition) is 0. The molecule has 1 rings (SSSR count). The predicted molar refractivity (Wildman–Crippen MR) is 63.4 cm³/mol. The quantitative estimate of drug-likeness (QED) is 0.670. The van der Waals surface area contributed by atoms with Crippen LogP contribution in [0.25, 0.3) is 0 Å². The zero-order valence-corrected chi connectivity index (χ0v) is 10.6. The van der Waals surface area contributed by atoms with E-state index in [-0.39, 0.29) is 0 Å². The van der Waals surface area contributed by atoms with Crippen LogP contribution in [0.3, 0.4) is 0 Å². The average molecular weight is 197 g/mol. The summed E-state index contributed by atoms with van der Waals surface area (Å²) in [7, 11) is 4.42. The first-order chi connectivity index (χ1) is 6.52. The molecule has 0 bridgehead atoms. The van der Waals surface area contributed by atoms with E-state index in [1.54, 1.807) is 0 Å². The third kappa shape index (κ3) is 2.98. The number of rotatable bonds is 3. The van der Waals surface area contributed by atoms with Gasteiger partial charge in [0.05, 0.1) is 0 Å². The molecule has 1 nitrogen and oxygen atoms in total. The van der Waals surface area contributed by atoms with Crippen LogP contribution in [0.4, 0.5) is 0 Å². The lowest BCUT2D eigenvalue weighted by atomic mass is 9.75. The van der Waals surface area contributed by atoms with Crippen molar-refractivity contribution in [3.05, 3.63) is 0 Å². The fourth-order valence-corrected chi connectivity index (χ4v) is 2.72. The lowest BCUT2D eigenvalue weighted by Gasteiger charge is -2.36. The summed E-state index contributed by atoms with van der Waals surface area (Å²) in [6.45, 7) is 7.13. The average Bonchev–Trinajstić information content (AvgIpc) is 2.16. The van der Waals surface area contributed by atoms with Gasteiger partial charge in [0.25, 0.3) is 0 Å². The molecule has 1 aliphatic rings. The van der Waals surface area contributed by atoms with Crippen molar-refractivity contribution in [2.45, 2.75) is 52.5 Å². The van der Waals surface area contributed by atoms with E-state index in [2.05, 4.69) is 39.8 Å². The van der Waals surface area contributed by atoms with Crippen LogP contribution >= 0.6 is 0 Å². The fraction of sp³-hybridized carbons (Fsp3) is 1.00. The molecule has 0 aromatic heterocycles. The molecule has 0 saturated heterocycles. The molecule has 0 amide bonds. The van der Waals surface area contributed by atoms with Crippen molar-refractivity contribution in [2.75, 3.05) is 14.1 Å². The van der Waals surface area contributed by atoms with Crippen LogP contribution in [0, 0.1) is 17.8 Å². The summed E-state index contributed by atoms with van der Waals surface area (Å²) in [5, 5.41) is 0. The Kier molecular flexibility index (Phi) is 4.43. The Morgan fingerprint density at radius 1 is 0.857 bits per heavy atom. The molecule has 1 atom stereocenters. The molecular formula is C13H27N. The molecule has 0 aromatic carbocycles. The van der Waals surface area contributed by atoms with Gasteiger partial charge >= 0.3 is 0 Å². The monoisotopic (exact) mass is 197 g/mol. The zero-order chi connectivity index (χ0) is 10.7. The van der Waals surface area contributed by atoms with E-state index in [9.17, 15) is 0 Å². The van der Waals surface area contributed by atoms with Gasteiger partial charge in [0.2, 0.25) is 0 Å². The number of nitrogens with zero attached hydrogens (tertiary/aromatic N) is 1.